The summed E-state index contributed by atoms with van der Waals surface area (Å²) in [4.78, 5) is 20.0. The molecule has 1 saturated heterocycles. The highest BCUT2D eigenvalue weighted by molar-refractivity contribution is 5.79. The van der Waals surface area contributed by atoms with Crippen LogP contribution in [0.1, 0.15) is 38.2 Å². The van der Waals surface area contributed by atoms with Gasteiger partial charge < -0.3 is 9.64 Å². The van der Waals surface area contributed by atoms with Crippen molar-refractivity contribution in [3.8, 4) is 0 Å². The first-order valence-electron chi connectivity index (χ1n) is 10.0. The van der Waals surface area contributed by atoms with Crippen molar-refractivity contribution in [2.45, 2.75) is 32.6 Å². The minimum absolute atomic E-state index is 0.000304. The van der Waals surface area contributed by atoms with Crippen LogP contribution < -0.4 is 5.48 Å². The maximum atomic E-state index is 11.9. The number of hydrogen-bond acceptors (Lipinski definition) is 5. The van der Waals surface area contributed by atoms with Gasteiger partial charge in [0.05, 0.1) is 24.8 Å². The highest BCUT2D eigenvalue weighted by atomic mass is 16.6. The predicted molar refractivity (Wildman–Crippen MR) is 107 cm³/mol. The summed E-state index contributed by atoms with van der Waals surface area (Å²) in [5, 5.41) is 0. The molecule has 3 rings (SSSR count). The lowest BCUT2D eigenvalue weighted by atomic mass is 9.97. The van der Waals surface area contributed by atoms with Crippen LogP contribution in [0.3, 0.4) is 0 Å². The minimum Gasteiger partial charge on any atom is -0.466 e. The van der Waals surface area contributed by atoms with Gasteiger partial charge in [-0.3, -0.25) is 15.1 Å². The average Bonchev–Trinajstić information content (AvgIpc) is 2.72. The molecule has 0 spiro atoms. The lowest BCUT2D eigenvalue weighted by molar-refractivity contribution is -0.150. The summed E-state index contributed by atoms with van der Waals surface area (Å²) in [6, 6.07) is 10.4. The molecule has 1 unspecified atom stereocenters. The fourth-order valence-corrected chi connectivity index (χ4v) is 3.68. The molecule has 1 heterocycles. The van der Waals surface area contributed by atoms with E-state index in [4.69, 9.17) is 9.57 Å². The summed E-state index contributed by atoms with van der Waals surface area (Å²) < 4.78 is 5.17. The van der Waals surface area contributed by atoms with E-state index in [-0.39, 0.29) is 11.9 Å². The predicted octanol–water partition coefficient (Wildman–Crippen LogP) is 3.54. The van der Waals surface area contributed by atoms with Crippen LogP contribution in [-0.2, 0) is 14.4 Å². The normalized spacial score (nSPS) is 20.6. The zero-order valence-corrected chi connectivity index (χ0v) is 16.2. The molecule has 0 amide bonds. The maximum absolute atomic E-state index is 11.9. The quantitative estimate of drug-likeness (QED) is 0.431. The first-order chi connectivity index (χ1) is 13.3. The molecule has 1 N–H and O–H groups in total. The number of ether oxygens (including phenoxy) is 1. The van der Waals surface area contributed by atoms with Crippen LogP contribution in [0.4, 0.5) is 0 Å². The van der Waals surface area contributed by atoms with Gasteiger partial charge in [-0.1, -0.05) is 42.5 Å². The molecule has 2 aliphatic rings. The summed E-state index contributed by atoms with van der Waals surface area (Å²) in [7, 11) is 0. The molecule has 1 aromatic carbocycles. The molecule has 1 aliphatic heterocycles. The summed E-state index contributed by atoms with van der Waals surface area (Å²) >= 11 is 0. The Hall–Kier alpha value is -2.11. The molecule has 27 heavy (non-hydrogen) atoms. The van der Waals surface area contributed by atoms with Crippen LogP contribution in [0.15, 0.2) is 48.2 Å². The highest BCUT2D eigenvalue weighted by Crippen LogP contribution is 2.26. The van der Waals surface area contributed by atoms with Crippen LogP contribution in [0, 0.1) is 5.92 Å². The Morgan fingerprint density at radius 3 is 2.85 bits per heavy atom. The number of hydroxylamine groups is 1. The van der Waals surface area contributed by atoms with Crippen molar-refractivity contribution in [1.82, 2.24) is 10.4 Å². The molecule has 1 fully saturated rings. The van der Waals surface area contributed by atoms with Gasteiger partial charge in [-0.05, 0) is 44.7 Å². The molecule has 1 atom stereocenters. The Morgan fingerprint density at radius 1 is 1.22 bits per heavy atom. The summed E-state index contributed by atoms with van der Waals surface area (Å²) in [6.07, 6.45) is 8.49. The SMILES string of the molecule is CCOC(=O)C1CCCN(CCONC2=CCCC=C2c2ccccc2)C1. The van der Waals surface area contributed by atoms with Crippen LogP contribution >= 0.6 is 0 Å². The Morgan fingerprint density at radius 2 is 2.04 bits per heavy atom. The van der Waals surface area contributed by atoms with Crippen molar-refractivity contribution in [2.75, 3.05) is 32.8 Å². The summed E-state index contributed by atoms with van der Waals surface area (Å²) in [5.41, 5.74) is 6.57. The van der Waals surface area contributed by atoms with Gasteiger partial charge in [-0.15, -0.1) is 0 Å². The number of carbonyl (C=O) groups excluding carboxylic acids is 1. The second-order valence-electron chi connectivity index (χ2n) is 7.02. The van der Waals surface area contributed by atoms with E-state index in [0.717, 1.165) is 51.0 Å². The summed E-state index contributed by atoms with van der Waals surface area (Å²) in [6.45, 7) is 5.47. The summed E-state index contributed by atoms with van der Waals surface area (Å²) in [5.74, 6) is -0.0634. The van der Waals surface area contributed by atoms with Gasteiger partial charge in [-0.25, -0.2) is 0 Å². The molecule has 1 aliphatic carbocycles. The Bertz CT molecular complexity index is 669. The third kappa shape index (κ3) is 5.68. The van der Waals surface area contributed by atoms with E-state index in [9.17, 15) is 4.79 Å². The first-order valence-corrected chi connectivity index (χ1v) is 10.0. The second kappa shape index (κ2) is 10.3. The van der Waals surface area contributed by atoms with Gasteiger partial charge in [0.15, 0.2) is 0 Å². The third-order valence-electron chi connectivity index (χ3n) is 5.06. The number of likely N-dealkylation sites (tertiary alicyclic amines) is 1. The Labute approximate surface area is 162 Å². The lowest BCUT2D eigenvalue weighted by Gasteiger charge is -2.31. The van der Waals surface area contributed by atoms with Gasteiger partial charge in [0.25, 0.3) is 0 Å². The zero-order valence-electron chi connectivity index (χ0n) is 16.2. The van der Waals surface area contributed by atoms with Gasteiger partial charge >= 0.3 is 5.97 Å². The number of nitrogens with zero attached hydrogens (tertiary/aromatic N) is 1. The minimum atomic E-state index is -0.0637. The number of benzene rings is 1. The van der Waals surface area contributed by atoms with E-state index in [1.54, 1.807) is 0 Å². The van der Waals surface area contributed by atoms with Crippen LogP contribution in [0.2, 0.25) is 0 Å². The van der Waals surface area contributed by atoms with Gasteiger partial charge in [0.2, 0.25) is 0 Å². The van der Waals surface area contributed by atoms with E-state index in [1.165, 1.54) is 11.1 Å². The number of esters is 1. The van der Waals surface area contributed by atoms with E-state index < -0.39 is 0 Å². The smallest absolute Gasteiger partial charge is 0.310 e. The van der Waals surface area contributed by atoms with Crippen LogP contribution in [-0.4, -0.2) is 43.7 Å². The molecule has 0 radical (unpaired) electrons. The first kappa shape index (κ1) is 19.6. The lowest BCUT2D eigenvalue weighted by Crippen LogP contribution is -2.41. The highest BCUT2D eigenvalue weighted by Gasteiger charge is 2.26. The van der Waals surface area contributed by atoms with Crippen LogP contribution in [0.5, 0.6) is 0 Å². The van der Waals surface area contributed by atoms with Gasteiger partial charge in [-0.2, -0.15) is 0 Å². The molecule has 5 nitrogen and oxygen atoms in total. The molecular formula is C22H30N2O3. The third-order valence-corrected chi connectivity index (χ3v) is 5.06. The van der Waals surface area contributed by atoms with E-state index in [1.807, 2.05) is 13.0 Å². The van der Waals surface area contributed by atoms with Crippen molar-refractivity contribution in [2.24, 2.45) is 5.92 Å². The fourth-order valence-electron chi connectivity index (χ4n) is 3.68. The van der Waals surface area contributed by atoms with Crippen LogP contribution in [0.25, 0.3) is 5.57 Å². The largest absolute Gasteiger partial charge is 0.466 e. The van der Waals surface area contributed by atoms with Crippen molar-refractivity contribution < 1.29 is 14.4 Å². The number of carbonyl (C=O) groups is 1. The van der Waals surface area contributed by atoms with E-state index in [2.05, 4.69) is 46.8 Å². The van der Waals surface area contributed by atoms with E-state index >= 15 is 0 Å². The average molecular weight is 370 g/mol. The molecule has 0 aromatic heterocycles. The molecule has 5 heteroatoms. The van der Waals surface area contributed by atoms with Gasteiger partial charge in [0, 0.05) is 18.7 Å². The zero-order chi connectivity index (χ0) is 18.9. The van der Waals surface area contributed by atoms with Crippen molar-refractivity contribution in [1.29, 1.82) is 0 Å². The molecular weight excluding hydrogens is 340 g/mol. The van der Waals surface area contributed by atoms with Crippen molar-refractivity contribution in [3.05, 3.63) is 53.7 Å². The molecule has 146 valence electrons. The number of piperidine rings is 1. The van der Waals surface area contributed by atoms with Crippen molar-refractivity contribution >= 4 is 11.5 Å². The molecule has 0 bridgehead atoms. The fraction of sp³-hybridized carbons (Fsp3) is 0.500. The number of hydrogen-bond donors (Lipinski definition) is 1. The standard InChI is InChI=1S/C22H30N2O3/c1-2-26-22(25)19-11-8-14-24(17-19)15-16-27-23-21-13-7-6-12-20(21)18-9-4-3-5-10-18/h3-5,9-10,12-13,19,23H,2,6-8,11,14-17H2,1H3. The topological polar surface area (TPSA) is 50.8 Å². The monoisotopic (exact) mass is 370 g/mol. The number of rotatable bonds is 8. The molecule has 0 saturated carbocycles. The Balaban J connectivity index is 1.44. The second-order valence-corrected chi connectivity index (χ2v) is 7.02. The molecule has 1 aromatic rings. The maximum Gasteiger partial charge on any atom is 0.310 e. The number of nitrogens with one attached hydrogen (secondary N) is 1. The number of allylic oxidation sites excluding steroid dienone is 3. The van der Waals surface area contributed by atoms with E-state index in [0.29, 0.717) is 13.2 Å². The Kier molecular flexibility index (Phi) is 7.48. The van der Waals surface area contributed by atoms with Crippen molar-refractivity contribution in [3.63, 3.8) is 0 Å². The van der Waals surface area contributed by atoms with Gasteiger partial charge in [0.1, 0.15) is 0 Å².